The van der Waals surface area contributed by atoms with Crippen LogP contribution in [-0.4, -0.2) is 0 Å². The van der Waals surface area contributed by atoms with Gasteiger partial charge in [-0.05, 0) is 30.0 Å². The maximum atomic E-state index is 8.97. The predicted molar refractivity (Wildman–Crippen MR) is 56.0 cm³/mol. The average Bonchev–Trinajstić information content (AvgIpc) is 2.65. The Morgan fingerprint density at radius 2 is 2.07 bits per heavy atom. The Kier molecular flexibility index (Phi) is 1.96. The van der Waals surface area contributed by atoms with Crippen molar-refractivity contribution in [1.82, 2.24) is 0 Å². The van der Waals surface area contributed by atoms with E-state index >= 15 is 0 Å². The van der Waals surface area contributed by atoms with E-state index in [0.717, 1.165) is 15.6 Å². The standard InChI is InChI=1S/C11H6N2S/c1-7-4-8(5-12)11-9(2-3-14-11)10(7)6-13/h2-4H,1H3. The highest BCUT2D eigenvalue weighted by Crippen LogP contribution is 2.29. The van der Waals surface area contributed by atoms with Crippen molar-refractivity contribution in [3.05, 3.63) is 34.2 Å². The summed E-state index contributed by atoms with van der Waals surface area (Å²) in [5.74, 6) is 0. The summed E-state index contributed by atoms with van der Waals surface area (Å²) in [6.07, 6.45) is 0. The molecule has 0 spiro atoms. The van der Waals surface area contributed by atoms with E-state index in [4.69, 9.17) is 10.5 Å². The van der Waals surface area contributed by atoms with Crippen molar-refractivity contribution in [3.63, 3.8) is 0 Å². The minimum absolute atomic E-state index is 0.659. The number of aryl methyl sites for hydroxylation is 1. The monoisotopic (exact) mass is 198 g/mol. The van der Waals surface area contributed by atoms with Crippen molar-refractivity contribution >= 4 is 21.4 Å². The molecule has 14 heavy (non-hydrogen) atoms. The normalized spacial score (nSPS) is 9.64. The number of hydrogen-bond acceptors (Lipinski definition) is 3. The van der Waals surface area contributed by atoms with Gasteiger partial charge in [0.15, 0.2) is 0 Å². The van der Waals surface area contributed by atoms with E-state index in [1.165, 1.54) is 11.3 Å². The molecule has 0 aliphatic rings. The third kappa shape index (κ3) is 1.08. The maximum absolute atomic E-state index is 8.97. The number of fused-ring (bicyclic) bond motifs is 1. The summed E-state index contributed by atoms with van der Waals surface area (Å²) in [5.41, 5.74) is 2.21. The summed E-state index contributed by atoms with van der Waals surface area (Å²) in [6.45, 7) is 1.86. The van der Waals surface area contributed by atoms with Crippen LogP contribution in [0.4, 0.5) is 0 Å². The zero-order valence-corrected chi connectivity index (χ0v) is 8.35. The number of rotatable bonds is 0. The van der Waals surface area contributed by atoms with E-state index in [2.05, 4.69) is 12.1 Å². The quantitative estimate of drug-likeness (QED) is 0.653. The molecular weight excluding hydrogens is 192 g/mol. The fourth-order valence-electron chi connectivity index (χ4n) is 1.51. The summed E-state index contributed by atoms with van der Waals surface area (Å²) < 4.78 is 0.912. The van der Waals surface area contributed by atoms with Crippen molar-refractivity contribution in [1.29, 1.82) is 10.5 Å². The fourth-order valence-corrected chi connectivity index (χ4v) is 2.38. The van der Waals surface area contributed by atoms with Crippen LogP contribution in [0.1, 0.15) is 16.7 Å². The molecule has 66 valence electrons. The largest absolute Gasteiger partial charge is 0.192 e. The molecular formula is C11H6N2S. The lowest BCUT2D eigenvalue weighted by atomic mass is 10.0. The highest BCUT2D eigenvalue weighted by atomic mass is 32.1. The molecule has 2 aromatic rings. The highest BCUT2D eigenvalue weighted by Gasteiger charge is 2.09. The molecule has 2 nitrogen and oxygen atoms in total. The van der Waals surface area contributed by atoms with Crippen molar-refractivity contribution < 1.29 is 0 Å². The summed E-state index contributed by atoms with van der Waals surface area (Å²) in [5, 5.41) is 20.7. The van der Waals surface area contributed by atoms with Crippen LogP contribution in [0.5, 0.6) is 0 Å². The molecule has 0 atom stereocenters. The lowest BCUT2D eigenvalue weighted by Gasteiger charge is -2.00. The van der Waals surface area contributed by atoms with Gasteiger partial charge in [0.25, 0.3) is 0 Å². The molecule has 0 aliphatic carbocycles. The fraction of sp³-hybridized carbons (Fsp3) is 0.0909. The third-order valence-electron chi connectivity index (χ3n) is 2.17. The van der Waals surface area contributed by atoms with Gasteiger partial charge in [-0.15, -0.1) is 11.3 Å². The lowest BCUT2D eigenvalue weighted by Crippen LogP contribution is -1.85. The van der Waals surface area contributed by atoms with Gasteiger partial charge < -0.3 is 0 Å². The van der Waals surface area contributed by atoms with Crippen LogP contribution in [0.3, 0.4) is 0 Å². The SMILES string of the molecule is Cc1cc(C#N)c2sccc2c1C#N. The maximum Gasteiger partial charge on any atom is 0.101 e. The second-order valence-corrected chi connectivity index (χ2v) is 3.92. The van der Waals surface area contributed by atoms with Crippen LogP contribution in [0.2, 0.25) is 0 Å². The van der Waals surface area contributed by atoms with E-state index in [1.807, 2.05) is 18.4 Å². The Labute approximate surface area is 85.6 Å². The summed E-state index contributed by atoms with van der Waals surface area (Å²) in [4.78, 5) is 0. The van der Waals surface area contributed by atoms with E-state index in [0.29, 0.717) is 11.1 Å². The Balaban J connectivity index is 3.00. The van der Waals surface area contributed by atoms with Crippen molar-refractivity contribution in [3.8, 4) is 12.1 Å². The lowest BCUT2D eigenvalue weighted by molar-refractivity contribution is 1.41. The van der Waals surface area contributed by atoms with Gasteiger partial charge in [-0.3, -0.25) is 0 Å². The summed E-state index contributed by atoms with van der Waals surface area (Å²) >= 11 is 1.50. The zero-order valence-electron chi connectivity index (χ0n) is 7.53. The van der Waals surface area contributed by atoms with Gasteiger partial charge in [0.2, 0.25) is 0 Å². The van der Waals surface area contributed by atoms with Gasteiger partial charge in [-0.25, -0.2) is 0 Å². The van der Waals surface area contributed by atoms with E-state index < -0.39 is 0 Å². The minimum atomic E-state index is 0.659. The molecule has 1 aromatic heterocycles. The number of thiophene rings is 1. The van der Waals surface area contributed by atoms with Crippen LogP contribution in [0.25, 0.3) is 10.1 Å². The molecule has 0 fully saturated rings. The third-order valence-corrected chi connectivity index (χ3v) is 3.11. The molecule has 1 aromatic carbocycles. The number of nitrogens with zero attached hydrogens (tertiary/aromatic N) is 2. The molecule has 3 heteroatoms. The van der Waals surface area contributed by atoms with Crippen molar-refractivity contribution in [2.45, 2.75) is 6.92 Å². The molecule has 0 saturated carbocycles. The Morgan fingerprint density at radius 1 is 1.29 bits per heavy atom. The molecule has 0 aliphatic heterocycles. The Hall–Kier alpha value is -1.84. The Morgan fingerprint density at radius 3 is 2.71 bits per heavy atom. The Bertz CT molecular complexity index is 582. The second-order valence-electron chi connectivity index (χ2n) is 3.00. The van der Waals surface area contributed by atoms with Crippen molar-refractivity contribution in [2.24, 2.45) is 0 Å². The number of nitriles is 2. The molecule has 0 bridgehead atoms. The average molecular weight is 198 g/mol. The van der Waals surface area contributed by atoms with Crippen molar-refractivity contribution in [2.75, 3.05) is 0 Å². The molecule has 1 heterocycles. The first-order valence-corrected chi connectivity index (χ1v) is 4.97. The van der Waals surface area contributed by atoms with E-state index in [9.17, 15) is 0 Å². The molecule has 0 saturated heterocycles. The second kappa shape index (κ2) is 3.14. The van der Waals surface area contributed by atoms with Gasteiger partial charge >= 0.3 is 0 Å². The molecule has 0 unspecified atom stereocenters. The number of benzene rings is 1. The smallest absolute Gasteiger partial charge is 0.101 e. The van der Waals surface area contributed by atoms with Gasteiger partial charge in [-0.2, -0.15) is 10.5 Å². The molecule has 0 amide bonds. The zero-order chi connectivity index (χ0) is 10.1. The molecule has 0 radical (unpaired) electrons. The first-order chi connectivity index (χ1) is 6.77. The molecule has 2 rings (SSSR count). The van der Waals surface area contributed by atoms with Crippen LogP contribution < -0.4 is 0 Å². The van der Waals surface area contributed by atoms with Crippen LogP contribution in [0.15, 0.2) is 17.5 Å². The van der Waals surface area contributed by atoms with E-state index in [1.54, 1.807) is 6.07 Å². The van der Waals surface area contributed by atoms with Crippen LogP contribution in [0, 0.1) is 29.6 Å². The summed E-state index contributed by atoms with van der Waals surface area (Å²) in [7, 11) is 0. The molecule has 0 N–H and O–H groups in total. The van der Waals surface area contributed by atoms with Gasteiger partial charge in [-0.1, -0.05) is 0 Å². The number of hydrogen-bond donors (Lipinski definition) is 0. The predicted octanol–water partition coefficient (Wildman–Crippen LogP) is 2.95. The first-order valence-electron chi connectivity index (χ1n) is 4.09. The minimum Gasteiger partial charge on any atom is -0.192 e. The van der Waals surface area contributed by atoms with Crippen LogP contribution >= 0.6 is 11.3 Å². The van der Waals surface area contributed by atoms with Gasteiger partial charge in [0, 0.05) is 5.39 Å². The van der Waals surface area contributed by atoms with Gasteiger partial charge in [0.1, 0.15) is 12.1 Å². The van der Waals surface area contributed by atoms with Gasteiger partial charge in [0.05, 0.1) is 15.8 Å². The first kappa shape index (κ1) is 8.74. The highest BCUT2D eigenvalue weighted by molar-refractivity contribution is 7.17. The summed E-state index contributed by atoms with van der Waals surface area (Å²) in [6, 6.07) is 7.99. The van der Waals surface area contributed by atoms with Crippen LogP contribution in [-0.2, 0) is 0 Å². The topological polar surface area (TPSA) is 47.6 Å². The van der Waals surface area contributed by atoms with E-state index in [-0.39, 0.29) is 0 Å².